The maximum absolute atomic E-state index is 15.0. The van der Waals surface area contributed by atoms with E-state index in [4.69, 9.17) is 0 Å². The molecule has 2 aromatic rings. The summed E-state index contributed by atoms with van der Waals surface area (Å²) in [4.78, 5) is 26.9. The number of carboxylic acid groups (broad SMARTS) is 1. The molecule has 4 rings (SSSR count). The molecule has 12 heteroatoms. The van der Waals surface area contributed by atoms with Gasteiger partial charge in [0.25, 0.3) is 0 Å². The van der Waals surface area contributed by atoms with Crippen LogP contribution in [0, 0.1) is 11.8 Å². The predicted octanol–water partition coefficient (Wildman–Crippen LogP) is 1.58. The third-order valence-electron chi connectivity index (χ3n) is 7.25. The molecule has 3 atom stereocenters. The van der Waals surface area contributed by atoms with Gasteiger partial charge in [0.15, 0.2) is 0 Å². The van der Waals surface area contributed by atoms with Crippen molar-refractivity contribution >= 4 is 29.3 Å². The number of anilines is 1. The Morgan fingerprint density at radius 2 is 1.67 bits per heavy atom. The number of amides is 1. The maximum Gasteiger partial charge on any atom is 0.422 e. The highest BCUT2D eigenvalue weighted by molar-refractivity contribution is 7.99. The molecule has 226 valence electrons. The number of nitrogens with two attached hydrogens (primary N) is 1. The van der Waals surface area contributed by atoms with E-state index in [1.165, 1.54) is 12.1 Å². The molecule has 4 N–H and O–H groups in total. The fourth-order valence-electron chi connectivity index (χ4n) is 5.09. The number of carbonyl (C=O) groups excluding carboxylic acids is 2. The number of hydrogen-bond donors (Lipinski definition) is 3. The van der Waals surface area contributed by atoms with Crippen molar-refractivity contribution in [3.05, 3.63) is 54.1 Å². The van der Waals surface area contributed by atoms with Crippen LogP contribution in [-0.4, -0.2) is 73.5 Å². The number of quaternary nitrogens is 1. The van der Waals surface area contributed by atoms with E-state index in [2.05, 4.69) is 32.7 Å². The van der Waals surface area contributed by atoms with Crippen LogP contribution >= 0.6 is 11.8 Å². The molecule has 0 bridgehead atoms. The Morgan fingerprint density at radius 3 is 2.21 bits per heavy atom. The minimum atomic E-state index is -5.03. The van der Waals surface area contributed by atoms with Crippen molar-refractivity contribution in [3.8, 4) is 23.0 Å². The summed E-state index contributed by atoms with van der Waals surface area (Å²) in [6.45, 7) is 6.16. The fraction of sp³-hybridized carbons (Fsp3) is 0.467. The van der Waals surface area contributed by atoms with Gasteiger partial charge in [-0.2, -0.15) is 13.2 Å². The predicted molar refractivity (Wildman–Crippen MR) is 152 cm³/mol. The molecule has 2 heterocycles. The van der Waals surface area contributed by atoms with Crippen LogP contribution in [0.5, 0.6) is 0 Å². The van der Waals surface area contributed by atoms with Crippen LogP contribution in [-0.2, 0) is 15.1 Å². The van der Waals surface area contributed by atoms with Crippen molar-refractivity contribution in [3.63, 3.8) is 0 Å². The Morgan fingerprint density at radius 1 is 1.07 bits per heavy atom. The number of alkyl halides is 4. The average molecular weight is 607 g/mol. The molecule has 0 radical (unpaired) electrons. The molecule has 2 aliphatic rings. The maximum atomic E-state index is 15.0. The van der Waals surface area contributed by atoms with Gasteiger partial charge in [0.05, 0.1) is 50.0 Å². The van der Waals surface area contributed by atoms with Gasteiger partial charge in [-0.3, -0.25) is 10.1 Å². The summed E-state index contributed by atoms with van der Waals surface area (Å²) in [7, 11) is 0. The van der Waals surface area contributed by atoms with Crippen molar-refractivity contribution in [2.45, 2.75) is 49.7 Å². The van der Waals surface area contributed by atoms with Crippen LogP contribution in [0.3, 0.4) is 0 Å². The first-order valence-electron chi connectivity index (χ1n) is 13.7. The number of rotatable bonds is 6. The van der Waals surface area contributed by atoms with Gasteiger partial charge in [-0.1, -0.05) is 48.2 Å². The van der Waals surface area contributed by atoms with E-state index < -0.39 is 47.8 Å². The molecule has 42 heavy (non-hydrogen) atoms. The summed E-state index contributed by atoms with van der Waals surface area (Å²) in [5.41, 5.74) is -2.79. The zero-order chi connectivity index (χ0) is 30.5. The van der Waals surface area contributed by atoms with E-state index >= 15 is 13.2 Å². The Bertz CT molecular complexity index is 1310. The fourth-order valence-corrected chi connectivity index (χ4v) is 5.83. The van der Waals surface area contributed by atoms with Gasteiger partial charge in [-0.25, -0.2) is 4.39 Å². The number of nitrogens with one attached hydrogen (secondary N) is 2. The van der Waals surface area contributed by atoms with Crippen molar-refractivity contribution in [1.29, 1.82) is 0 Å². The highest BCUT2D eigenvalue weighted by atomic mass is 32.2. The van der Waals surface area contributed by atoms with Gasteiger partial charge in [-0.15, -0.1) is 11.8 Å². The molecule has 0 saturated carbocycles. The number of benzene rings is 2. The van der Waals surface area contributed by atoms with E-state index in [1.807, 2.05) is 24.3 Å². The van der Waals surface area contributed by atoms with Gasteiger partial charge in [-0.05, 0) is 42.7 Å². The lowest BCUT2D eigenvalue weighted by Gasteiger charge is -2.37. The number of hydrogen-bond acceptors (Lipinski definition) is 6. The standard InChI is InChI=1S/C30H34F4N4O3S/c1-28(2,31)18-24-26(39)36-25(27(40)41)19-42-17-3-12-29(37-24,30(32,33)34)22-8-4-20(5-9-22)21-6-10-23(11-7-21)38-15-13-35-14-16-38/h4-11,24-25,35,37H,13-19H2,1-2H3,(H,36,39)(H,40,41)/t24-,25-,29-/m0/s1. The normalized spacial score (nSPS) is 24.1. The molecule has 1 fully saturated rings. The smallest absolute Gasteiger partial charge is 0.422 e. The van der Waals surface area contributed by atoms with Crippen LogP contribution in [0.2, 0.25) is 0 Å². The third kappa shape index (κ3) is 7.56. The van der Waals surface area contributed by atoms with E-state index in [0.29, 0.717) is 5.56 Å². The molecule has 2 aliphatic heterocycles. The Labute approximate surface area is 246 Å². The number of piperazine rings is 1. The number of aliphatic carboxylic acids is 1. The topological polar surface area (TPSA) is 101 Å². The SMILES string of the molecule is CC(C)(F)C[C@@H]1N[C@@](c2ccc(-c3ccc(N4CC[NH2+]CC4)cc3)cc2)(C(F)(F)F)C#CCSC[C@@H](C(=O)[O-])NC1=O. The average Bonchev–Trinajstić information content (AvgIpc) is 2.97. The zero-order valence-electron chi connectivity index (χ0n) is 23.4. The van der Waals surface area contributed by atoms with Gasteiger partial charge >= 0.3 is 6.18 Å². The van der Waals surface area contributed by atoms with Crippen molar-refractivity contribution in [2.75, 3.05) is 42.6 Å². The van der Waals surface area contributed by atoms with Gasteiger partial charge in [0, 0.05) is 17.9 Å². The van der Waals surface area contributed by atoms with Crippen molar-refractivity contribution in [2.24, 2.45) is 0 Å². The minimum Gasteiger partial charge on any atom is -0.548 e. The number of carboxylic acids is 1. The lowest BCUT2D eigenvalue weighted by atomic mass is 9.86. The summed E-state index contributed by atoms with van der Waals surface area (Å²) < 4.78 is 59.8. The zero-order valence-corrected chi connectivity index (χ0v) is 24.2. The molecule has 1 saturated heterocycles. The third-order valence-corrected chi connectivity index (χ3v) is 8.17. The summed E-state index contributed by atoms with van der Waals surface area (Å²) in [6, 6.07) is 10.3. The second kappa shape index (κ2) is 12.9. The lowest BCUT2D eigenvalue weighted by Crippen LogP contribution is -2.89. The summed E-state index contributed by atoms with van der Waals surface area (Å²) in [5, 5.41) is 18.3. The molecule has 0 aliphatic carbocycles. The Kier molecular flexibility index (Phi) is 9.75. The summed E-state index contributed by atoms with van der Waals surface area (Å²) >= 11 is 0.948. The van der Waals surface area contributed by atoms with E-state index in [9.17, 15) is 19.1 Å². The minimum absolute atomic E-state index is 0.127. The molecule has 0 spiro atoms. The van der Waals surface area contributed by atoms with Crippen molar-refractivity contribution in [1.82, 2.24) is 10.6 Å². The molecular formula is C30H34F4N4O3S. The Hall–Kier alpha value is -3.27. The first kappa shape index (κ1) is 31.7. The number of thioether (sulfide) groups is 1. The summed E-state index contributed by atoms with van der Waals surface area (Å²) in [6.07, 6.45) is -5.69. The largest absolute Gasteiger partial charge is 0.548 e. The van der Waals surface area contributed by atoms with E-state index in [0.717, 1.165) is 63.0 Å². The Balaban J connectivity index is 1.70. The van der Waals surface area contributed by atoms with Crippen LogP contribution in [0.4, 0.5) is 23.2 Å². The lowest BCUT2D eigenvalue weighted by molar-refractivity contribution is -0.655. The molecule has 0 aromatic heterocycles. The monoisotopic (exact) mass is 606 g/mol. The molecule has 7 nitrogen and oxygen atoms in total. The first-order valence-corrected chi connectivity index (χ1v) is 14.8. The molecular weight excluding hydrogens is 572 g/mol. The van der Waals surface area contributed by atoms with E-state index in [1.54, 1.807) is 12.1 Å². The van der Waals surface area contributed by atoms with Gasteiger partial charge in [0.1, 0.15) is 5.67 Å². The first-order chi connectivity index (χ1) is 19.8. The van der Waals surface area contributed by atoms with Crippen LogP contribution < -0.4 is 26.0 Å². The highest BCUT2D eigenvalue weighted by Gasteiger charge is 2.57. The van der Waals surface area contributed by atoms with Gasteiger partial charge in [0.2, 0.25) is 11.4 Å². The second-order valence-corrected chi connectivity index (χ2v) is 12.1. The molecule has 1 amide bonds. The highest BCUT2D eigenvalue weighted by Crippen LogP contribution is 2.41. The van der Waals surface area contributed by atoms with Crippen LogP contribution in [0.25, 0.3) is 11.1 Å². The number of halogens is 4. The number of nitrogens with zero attached hydrogens (tertiary/aromatic N) is 1. The van der Waals surface area contributed by atoms with Crippen LogP contribution in [0.15, 0.2) is 48.5 Å². The molecule has 2 aromatic carbocycles. The summed E-state index contributed by atoms with van der Waals surface area (Å²) in [5.74, 6) is 1.81. The molecule has 0 unspecified atom stereocenters. The number of carbonyl (C=O) groups is 2. The van der Waals surface area contributed by atoms with E-state index in [-0.39, 0.29) is 17.1 Å². The van der Waals surface area contributed by atoms with Crippen LogP contribution in [0.1, 0.15) is 25.8 Å². The quantitative estimate of drug-likeness (QED) is 0.341. The second-order valence-electron chi connectivity index (χ2n) is 11.0. The van der Waals surface area contributed by atoms with Gasteiger partial charge < -0.3 is 25.4 Å². The van der Waals surface area contributed by atoms with Crippen molar-refractivity contribution < 1.29 is 37.6 Å².